The molecule has 0 N–H and O–H groups in total. The molecule has 1 aliphatic rings. The number of sulfone groups is 1. The molecule has 0 atom stereocenters. The van der Waals surface area contributed by atoms with Gasteiger partial charge in [0.25, 0.3) is 0 Å². The number of nitrogens with zero attached hydrogens (tertiary/aromatic N) is 3. The number of hydrogen-bond donors (Lipinski definition) is 0. The maximum Gasteiger partial charge on any atom is 0.244 e. The van der Waals surface area contributed by atoms with Crippen LogP contribution in [0.3, 0.4) is 0 Å². The van der Waals surface area contributed by atoms with Gasteiger partial charge in [-0.2, -0.15) is 9.57 Å². The van der Waals surface area contributed by atoms with Gasteiger partial charge in [-0.05, 0) is 64.8 Å². The SMILES string of the molecule is CS(=O)(=O)c1ccc(Br)c(S(=O)(=O)N2CCCN(c3ccc(C#N)cc3)CC2)c1. The van der Waals surface area contributed by atoms with Crippen LogP contribution in [0, 0.1) is 11.3 Å². The topological polar surface area (TPSA) is 98.5 Å². The molecule has 7 nitrogen and oxygen atoms in total. The van der Waals surface area contributed by atoms with E-state index in [1.165, 1.54) is 22.5 Å². The average molecular weight is 498 g/mol. The zero-order valence-electron chi connectivity index (χ0n) is 15.7. The van der Waals surface area contributed by atoms with Crippen LogP contribution in [0.2, 0.25) is 0 Å². The Morgan fingerprint density at radius 1 is 0.966 bits per heavy atom. The van der Waals surface area contributed by atoms with Gasteiger partial charge in [-0.1, -0.05) is 0 Å². The van der Waals surface area contributed by atoms with Gasteiger partial charge >= 0.3 is 0 Å². The van der Waals surface area contributed by atoms with Crippen LogP contribution in [0.4, 0.5) is 5.69 Å². The van der Waals surface area contributed by atoms with Crippen molar-refractivity contribution in [2.75, 3.05) is 37.3 Å². The lowest BCUT2D eigenvalue weighted by Crippen LogP contribution is -2.35. The Morgan fingerprint density at radius 3 is 2.28 bits per heavy atom. The fourth-order valence-corrected chi connectivity index (χ4v) is 6.33. The van der Waals surface area contributed by atoms with Crippen LogP contribution >= 0.6 is 15.9 Å². The molecule has 1 heterocycles. The third-order valence-corrected chi connectivity index (χ3v) is 8.77. The van der Waals surface area contributed by atoms with Gasteiger partial charge in [-0.25, -0.2) is 16.8 Å². The van der Waals surface area contributed by atoms with Gasteiger partial charge in [-0.15, -0.1) is 0 Å². The Hall–Kier alpha value is -1.93. The molecule has 0 aromatic heterocycles. The Morgan fingerprint density at radius 2 is 1.66 bits per heavy atom. The second kappa shape index (κ2) is 8.44. The fourth-order valence-electron chi connectivity index (χ4n) is 3.19. The molecule has 0 aliphatic carbocycles. The van der Waals surface area contributed by atoms with Crippen LogP contribution in [0.1, 0.15) is 12.0 Å². The van der Waals surface area contributed by atoms with Gasteiger partial charge in [0, 0.05) is 42.6 Å². The number of anilines is 1. The minimum Gasteiger partial charge on any atom is -0.370 e. The lowest BCUT2D eigenvalue weighted by molar-refractivity contribution is 0.432. The van der Waals surface area contributed by atoms with E-state index >= 15 is 0 Å². The molecule has 1 fully saturated rings. The summed E-state index contributed by atoms with van der Waals surface area (Å²) in [5, 5.41) is 8.93. The third-order valence-electron chi connectivity index (χ3n) is 4.77. The Bertz CT molecular complexity index is 1160. The molecule has 0 saturated carbocycles. The molecule has 2 aromatic carbocycles. The van der Waals surface area contributed by atoms with Gasteiger partial charge in [0.15, 0.2) is 9.84 Å². The second-order valence-corrected chi connectivity index (χ2v) is 11.5. The molecule has 10 heteroatoms. The van der Waals surface area contributed by atoms with Crippen molar-refractivity contribution in [3.05, 3.63) is 52.5 Å². The first-order chi connectivity index (χ1) is 13.6. The van der Waals surface area contributed by atoms with Crippen molar-refractivity contribution >= 4 is 41.5 Å². The van der Waals surface area contributed by atoms with Crippen LogP contribution in [-0.2, 0) is 19.9 Å². The highest BCUT2D eigenvalue weighted by molar-refractivity contribution is 9.10. The van der Waals surface area contributed by atoms with Crippen molar-refractivity contribution in [3.63, 3.8) is 0 Å². The highest BCUT2D eigenvalue weighted by Crippen LogP contribution is 2.29. The molecule has 3 rings (SSSR count). The maximum atomic E-state index is 13.2. The summed E-state index contributed by atoms with van der Waals surface area (Å²) in [5.41, 5.74) is 1.51. The lowest BCUT2D eigenvalue weighted by atomic mass is 10.2. The number of nitriles is 1. The number of sulfonamides is 1. The van der Waals surface area contributed by atoms with E-state index in [1.807, 2.05) is 12.1 Å². The van der Waals surface area contributed by atoms with Crippen LogP contribution in [0.25, 0.3) is 0 Å². The molecule has 0 radical (unpaired) electrons. The summed E-state index contributed by atoms with van der Waals surface area (Å²) in [6, 6.07) is 13.3. The molecular formula is C19H20BrN3O4S2. The molecule has 1 saturated heterocycles. The highest BCUT2D eigenvalue weighted by Gasteiger charge is 2.29. The molecule has 2 aromatic rings. The minimum absolute atomic E-state index is 0.0340. The number of hydrogen-bond acceptors (Lipinski definition) is 6. The summed E-state index contributed by atoms with van der Waals surface area (Å²) >= 11 is 3.24. The summed E-state index contributed by atoms with van der Waals surface area (Å²) in [7, 11) is -7.39. The predicted molar refractivity (Wildman–Crippen MR) is 114 cm³/mol. The smallest absolute Gasteiger partial charge is 0.244 e. The van der Waals surface area contributed by atoms with E-state index in [2.05, 4.69) is 26.9 Å². The van der Waals surface area contributed by atoms with Crippen molar-refractivity contribution in [2.24, 2.45) is 0 Å². The van der Waals surface area contributed by atoms with E-state index < -0.39 is 19.9 Å². The van der Waals surface area contributed by atoms with Crippen LogP contribution in [0.15, 0.2) is 56.7 Å². The predicted octanol–water partition coefficient (Wildman–Crippen LogP) is 2.63. The summed E-state index contributed by atoms with van der Waals surface area (Å²) < 4.78 is 51.8. The van der Waals surface area contributed by atoms with Gasteiger partial charge in [0.1, 0.15) is 0 Å². The third kappa shape index (κ3) is 4.80. The Labute approximate surface area is 179 Å². The van der Waals surface area contributed by atoms with E-state index in [-0.39, 0.29) is 16.3 Å². The number of rotatable bonds is 4. The fraction of sp³-hybridized carbons (Fsp3) is 0.316. The van der Waals surface area contributed by atoms with Crippen molar-refractivity contribution in [3.8, 4) is 6.07 Å². The number of halogens is 1. The summed E-state index contributed by atoms with van der Waals surface area (Å²) in [6.45, 7) is 1.79. The molecular weight excluding hydrogens is 478 g/mol. The molecule has 1 aliphatic heterocycles. The zero-order valence-corrected chi connectivity index (χ0v) is 19.0. The maximum absolute atomic E-state index is 13.2. The van der Waals surface area contributed by atoms with Crippen LogP contribution < -0.4 is 4.90 Å². The van der Waals surface area contributed by atoms with E-state index in [0.717, 1.165) is 11.9 Å². The lowest BCUT2D eigenvalue weighted by Gasteiger charge is -2.24. The standard InChI is InChI=1S/C19H20BrN3O4S2/c1-28(24,25)17-7-8-18(20)19(13-17)29(26,27)23-10-2-9-22(11-12-23)16-5-3-15(14-21)4-6-16/h3-8,13H,2,9-12H2,1H3. The molecule has 0 spiro atoms. The molecule has 0 unspecified atom stereocenters. The van der Waals surface area contributed by atoms with E-state index in [0.29, 0.717) is 36.1 Å². The van der Waals surface area contributed by atoms with E-state index in [4.69, 9.17) is 5.26 Å². The Balaban J connectivity index is 1.85. The first-order valence-electron chi connectivity index (χ1n) is 8.88. The molecule has 29 heavy (non-hydrogen) atoms. The van der Waals surface area contributed by atoms with Gasteiger partial charge in [0.2, 0.25) is 10.0 Å². The average Bonchev–Trinajstić information content (AvgIpc) is 2.94. The summed E-state index contributed by atoms with van der Waals surface area (Å²) in [5.74, 6) is 0. The number of benzene rings is 2. The van der Waals surface area contributed by atoms with Crippen LogP contribution in [-0.4, -0.2) is 53.6 Å². The van der Waals surface area contributed by atoms with Gasteiger partial charge in [-0.3, -0.25) is 0 Å². The highest BCUT2D eigenvalue weighted by atomic mass is 79.9. The molecule has 0 amide bonds. The van der Waals surface area contributed by atoms with Crippen LogP contribution in [0.5, 0.6) is 0 Å². The summed E-state index contributed by atoms with van der Waals surface area (Å²) in [6.07, 6.45) is 1.68. The van der Waals surface area contributed by atoms with E-state index in [1.54, 1.807) is 12.1 Å². The normalized spacial score (nSPS) is 16.2. The van der Waals surface area contributed by atoms with Crippen molar-refractivity contribution in [2.45, 2.75) is 16.2 Å². The molecule has 154 valence electrons. The quantitative estimate of drug-likeness (QED) is 0.643. The first kappa shape index (κ1) is 21.8. The zero-order chi connectivity index (χ0) is 21.2. The minimum atomic E-state index is -3.86. The molecule has 0 bridgehead atoms. The summed E-state index contributed by atoms with van der Waals surface area (Å²) in [4.78, 5) is 2.00. The first-order valence-corrected chi connectivity index (χ1v) is 13.0. The largest absolute Gasteiger partial charge is 0.370 e. The van der Waals surface area contributed by atoms with Gasteiger partial charge in [0.05, 0.1) is 21.4 Å². The Kier molecular flexibility index (Phi) is 6.33. The van der Waals surface area contributed by atoms with Crippen molar-refractivity contribution in [1.82, 2.24) is 4.31 Å². The van der Waals surface area contributed by atoms with E-state index in [9.17, 15) is 16.8 Å². The van der Waals surface area contributed by atoms with Crippen molar-refractivity contribution < 1.29 is 16.8 Å². The monoisotopic (exact) mass is 497 g/mol. The van der Waals surface area contributed by atoms with Crippen molar-refractivity contribution in [1.29, 1.82) is 5.26 Å². The second-order valence-electron chi connectivity index (χ2n) is 6.77. The van der Waals surface area contributed by atoms with Gasteiger partial charge < -0.3 is 4.90 Å².